The Balaban J connectivity index is 2.68. The summed E-state index contributed by atoms with van der Waals surface area (Å²) in [5, 5.41) is 22.3. The number of carbonyl (C=O) groups excluding carboxylic acids is 1. The summed E-state index contributed by atoms with van der Waals surface area (Å²) in [4.78, 5) is 14.5. The van der Waals surface area contributed by atoms with Crippen molar-refractivity contribution in [1.29, 1.82) is 0 Å². The number of nitrogens with one attached hydrogen (secondary N) is 1. The first kappa shape index (κ1) is 14.7. The van der Waals surface area contributed by atoms with Gasteiger partial charge in [-0.25, -0.2) is 4.98 Å². The molecule has 2 unspecified atom stereocenters. The molecule has 1 rings (SSSR count). The number of anilines is 1. The zero-order valence-corrected chi connectivity index (χ0v) is 10.7. The number of halogens is 1. The van der Waals surface area contributed by atoms with Gasteiger partial charge in [-0.05, 0) is 12.5 Å². The van der Waals surface area contributed by atoms with Crippen LogP contribution in [-0.4, -0.2) is 33.8 Å². The summed E-state index contributed by atoms with van der Waals surface area (Å²) in [7, 11) is 0. The van der Waals surface area contributed by atoms with E-state index < -0.39 is 12.2 Å². The summed E-state index contributed by atoms with van der Waals surface area (Å²) in [6.07, 6.45) is -0.719. The maximum Gasteiger partial charge on any atom is 0.216 e. The monoisotopic (exact) mass is 273 g/mol. The number of nitrogens with zero attached hydrogens (tertiary/aromatic N) is 1. The number of hydrogen-bond acceptors (Lipinski definition) is 5. The fourth-order valence-corrected chi connectivity index (χ4v) is 1.78. The standard InChI is InChI=1S/C11H16ClN3O3/c1-6(16)14-5-3-8(17)10(18)9-7(13)2-4-15-11(9)12/h2,4,8,10,17-18H,3,5H2,1H3,(H2,13,15)(H,14,16). The van der Waals surface area contributed by atoms with Gasteiger partial charge in [-0.1, -0.05) is 11.6 Å². The molecular formula is C11H16ClN3O3. The van der Waals surface area contributed by atoms with Crippen molar-refractivity contribution in [3.8, 4) is 0 Å². The minimum Gasteiger partial charge on any atom is -0.398 e. The van der Waals surface area contributed by atoms with Gasteiger partial charge in [-0.3, -0.25) is 4.79 Å². The van der Waals surface area contributed by atoms with Gasteiger partial charge < -0.3 is 21.3 Å². The molecule has 1 aromatic heterocycles. The number of pyridine rings is 1. The molecule has 2 atom stereocenters. The number of hydrogen-bond donors (Lipinski definition) is 4. The van der Waals surface area contributed by atoms with Crippen LogP contribution in [0, 0.1) is 0 Å². The van der Waals surface area contributed by atoms with Crippen LogP contribution in [0.5, 0.6) is 0 Å². The second-order valence-electron chi connectivity index (χ2n) is 3.89. The van der Waals surface area contributed by atoms with Crippen molar-refractivity contribution in [2.75, 3.05) is 12.3 Å². The number of aliphatic hydroxyl groups excluding tert-OH is 2. The van der Waals surface area contributed by atoms with Crippen LogP contribution < -0.4 is 11.1 Å². The topological polar surface area (TPSA) is 108 Å². The van der Waals surface area contributed by atoms with Gasteiger partial charge in [-0.15, -0.1) is 0 Å². The number of amides is 1. The predicted molar refractivity (Wildman–Crippen MR) is 67.9 cm³/mol. The number of aromatic nitrogens is 1. The Morgan fingerprint density at radius 2 is 2.28 bits per heavy atom. The zero-order chi connectivity index (χ0) is 13.7. The molecular weight excluding hydrogens is 258 g/mol. The Bertz CT molecular complexity index is 408. The Kier molecular flexibility index (Phi) is 5.33. The van der Waals surface area contributed by atoms with Crippen LogP contribution in [0.1, 0.15) is 25.0 Å². The van der Waals surface area contributed by atoms with Crippen LogP contribution in [0.25, 0.3) is 0 Å². The highest BCUT2D eigenvalue weighted by atomic mass is 35.5. The lowest BCUT2D eigenvalue weighted by Gasteiger charge is -2.20. The summed E-state index contributed by atoms with van der Waals surface area (Å²) in [5.41, 5.74) is 6.14. The van der Waals surface area contributed by atoms with Gasteiger partial charge in [0, 0.05) is 30.9 Å². The third kappa shape index (κ3) is 3.83. The normalized spacial score (nSPS) is 14.0. The Morgan fingerprint density at radius 3 is 2.83 bits per heavy atom. The molecule has 1 amide bonds. The minimum absolute atomic E-state index is 0.0566. The van der Waals surface area contributed by atoms with Gasteiger partial charge in [0.25, 0.3) is 0 Å². The SMILES string of the molecule is CC(=O)NCCC(O)C(O)c1c(N)ccnc1Cl. The third-order valence-corrected chi connectivity index (χ3v) is 2.75. The highest BCUT2D eigenvalue weighted by Gasteiger charge is 2.23. The predicted octanol–water partition coefficient (Wildman–Crippen LogP) is 0.238. The maximum atomic E-state index is 10.7. The molecule has 5 N–H and O–H groups in total. The zero-order valence-electron chi connectivity index (χ0n) is 9.93. The highest BCUT2D eigenvalue weighted by Crippen LogP contribution is 2.29. The van der Waals surface area contributed by atoms with Gasteiger partial charge in [0.1, 0.15) is 11.3 Å². The largest absolute Gasteiger partial charge is 0.398 e. The first-order valence-electron chi connectivity index (χ1n) is 5.44. The molecule has 0 aliphatic rings. The summed E-state index contributed by atoms with van der Waals surface area (Å²) >= 11 is 5.82. The van der Waals surface area contributed by atoms with Crippen molar-refractivity contribution in [1.82, 2.24) is 10.3 Å². The lowest BCUT2D eigenvalue weighted by atomic mass is 10.0. The van der Waals surface area contributed by atoms with E-state index in [0.29, 0.717) is 0 Å². The summed E-state index contributed by atoms with van der Waals surface area (Å²) in [6, 6.07) is 1.49. The number of aliphatic hydroxyl groups is 2. The van der Waals surface area contributed by atoms with Gasteiger partial charge in [0.05, 0.1) is 6.10 Å². The Hall–Kier alpha value is -1.37. The van der Waals surface area contributed by atoms with Gasteiger partial charge in [0.2, 0.25) is 5.91 Å². The molecule has 1 heterocycles. The lowest BCUT2D eigenvalue weighted by Crippen LogP contribution is -2.28. The van der Waals surface area contributed by atoms with Crippen molar-refractivity contribution >= 4 is 23.2 Å². The van der Waals surface area contributed by atoms with Crippen LogP contribution in [0.2, 0.25) is 5.15 Å². The van der Waals surface area contributed by atoms with E-state index in [0.717, 1.165) is 0 Å². The van der Waals surface area contributed by atoms with E-state index in [1.54, 1.807) is 0 Å². The first-order chi connectivity index (χ1) is 8.43. The number of carbonyl (C=O) groups is 1. The second kappa shape index (κ2) is 6.53. The van der Waals surface area contributed by atoms with Crippen molar-refractivity contribution in [3.05, 3.63) is 23.0 Å². The fourth-order valence-electron chi connectivity index (χ4n) is 1.50. The van der Waals surface area contributed by atoms with E-state index in [4.69, 9.17) is 17.3 Å². The average molecular weight is 274 g/mol. The smallest absolute Gasteiger partial charge is 0.216 e. The minimum atomic E-state index is -1.24. The molecule has 0 bridgehead atoms. The van der Waals surface area contributed by atoms with Crippen molar-refractivity contribution in [3.63, 3.8) is 0 Å². The molecule has 0 saturated carbocycles. The van der Waals surface area contributed by atoms with Gasteiger partial charge in [-0.2, -0.15) is 0 Å². The molecule has 6 nitrogen and oxygen atoms in total. The van der Waals surface area contributed by atoms with E-state index in [-0.39, 0.29) is 35.3 Å². The van der Waals surface area contributed by atoms with E-state index >= 15 is 0 Å². The van der Waals surface area contributed by atoms with Crippen molar-refractivity contribution in [2.24, 2.45) is 0 Å². The lowest BCUT2D eigenvalue weighted by molar-refractivity contribution is -0.119. The first-order valence-corrected chi connectivity index (χ1v) is 5.81. The molecule has 0 aromatic carbocycles. The molecule has 0 aliphatic heterocycles. The quantitative estimate of drug-likeness (QED) is 0.575. The van der Waals surface area contributed by atoms with Crippen LogP contribution in [-0.2, 0) is 4.79 Å². The Morgan fingerprint density at radius 1 is 1.61 bits per heavy atom. The van der Waals surface area contributed by atoms with Crippen molar-refractivity contribution in [2.45, 2.75) is 25.6 Å². The maximum absolute atomic E-state index is 10.7. The average Bonchev–Trinajstić information content (AvgIpc) is 2.27. The summed E-state index contributed by atoms with van der Waals surface area (Å²) in [5.74, 6) is -0.199. The molecule has 0 radical (unpaired) electrons. The Labute approximate surface area is 110 Å². The van der Waals surface area contributed by atoms with Crippen molar-refractivity contribution < 1.29 is 15.0 Å². The molecule has 18 heavy (non-hydrogen) atoms. The summed E-state index contributed by atoms with van der Waals surface area (Å²) < 4.78 is 0. The van der Waals surface area contributed by atoms with Crippen LogP contribution in [0.4, 0.5) is 5.69 Å². The molecule has 0 saturated heterocycles. The second-order valence-corrected chi connectivity index (χ2v) is 4.25. The van der Waals surface area contributed by atoms with E-state index in [2.05, 4.69) is 10.3 Å². The third-order valence-electron chi connectivity index (χ3n) is 2.45. The molecule has 0 aliphatic carbocycles. The van der Waals surface area contributed by atoms with Gasteiger partial charge >= 0.3 is 0 Å². The number of nitrogens with two attached hydrogens (primary N) is 1. The van der Waals surface area contributed by atoms with Crippen LogP contribution in [0.15, 0.2) is 12.3 Å². The molecule has 7 heteroatoms. The molecule has 100 valence electrons. The number of rotatable bonds is 5. The molecule has 0 fully saturated rings. The molecule has 0 spiro atoms. The summed E-state index contributed by atoms with van der Waals surface area (Å²) in [6.45, 7) is 1.63. The number of nitrogen functional groups attached to an aromatic ring is 1. The van der Waals surface area contributed by atoms with Crippen LogP contribution >= 0.6 is 11.6 Å². The van der Waals surface area contributed by atoms with E-state index in [1.807, 2.05) is 0 Å². The molecule has 1 aromatic rings. The fraction of sp³-hybridized carbons (Fsp3) is 0.455. The van der Waals surface area contributed by atoms with E-state index in [1.165, 1.54) is 19.2 Å². The van der Waals surface area contributed by atoms with Crippen LogP contribution in [0.3, 0.4) is 0 Å². The van der Waals surface area contributed by atoms with E-state index in [9.17, 15) is 15.0 Å². The van der Waals surface area contributed by atoms with Gasteiger partial charge in [0.15, 0.2) is 0 Å². The highest BCUT2D eigenvalue weighted by molar-refractivity contribution is 6.30.